The van der Waals surface area contributed by atoms with E-state index in [1.54, 1.807) is 0 Å². The minimum absolute atomic E-state index is 0. The van der Waals surface area contributed by atoms with Crippen molar-refractivity contribution in [2.24, 2.45) is 0 Å². The van der Waals surface area contributed by atoms with E-state index in [9.17, 15) is 0 Å². The van der Waals surface area contributed by atoms with Crippen molar-refractivity contribution in [3.63, 3.8) is 0 Å². The molecule has 0 aliphatic rings. The molecule has 0 atom stereocenters. The van der Waals surface area contributed by atoms with Gasteiger partial charge in [0, 0.05) is 0 Å². The Morgan fingerprint density at radius 2 is 0.714 bits per heavy atom. The second-order valence-electron chi connectivity index (χ2n) is 3.89. The second kappa shape index (κ2) is 35.7. The molecule has 0 fully saturated rings. The Hall–Kier alpha value is -2.34. The van der Waals surface area contributed by atoms with Gasteiger partial charge in [-0.2, -0.15) is 48.5 Å². The normalized spacial score (nSPS) is 6.14. The zero-order valence-electron chi connectivity index (χ0n) is 14.6. The maximum atomic E-state index is 7.50. The molecule has 0 aromatic heterocycles. The predicted molar refractivity (Wildman–Crippen MR) is 94.9 cm³/mol. The van der Waals surface area contributed by atoms with Crippen LogP contribution in [0.1, 0.15) is 0 Å². The van der Waals surface area contributed by atoms with E-state index < -0.39 is 0 Å². The van der Waals surface area contributed by atoms with Crippen LogP contribution < -0.4 is 0 Å². The summed E-state index contributed by atoms with van der Waals surface area (Å²) in [5.74, 6) is 0. The molecule has 0 saturated heterocycles. The molecule has 4 aromatic carbocycles. The van der Waals surface area contributed by atoms with Gasteiger partial charge in [0.2, 0.25) is 0 Å². The number of benzene rings is 1. The molecule has 0 aliphatic carbocycles. The van der Waals surface area contributed by atoms with Crippen LogP contribution in [0.3, 0.4) is 0 Å². The van der Waals surface area contributed by atoms with Crippen LogP contribution in [0.2, 0.25) is 0 Å². The first-order valence-electron chi connectivity index (χ1n) is 6.89. The Morgan fingerprint density at radius 3 is 0.821 bits per heavy atom. The third kappa shape index (κ3) is 21.7. The van der Waals surface area contributed by atoms with E-state index in [1.165, 1.54) is 10.8 Å². The van der Waals surface area contributed by atoms with Gasteiger partial charge in [0.25, 0.3) is 0 Å². The Balaban J connectivity index is -0.0000000796. The minimum atomic E-state index is 0. The molecule has 0 unspecified atom stereocenters. The van der Waals surface area contributed by atoms with Gasteiger partial charge in [-0.1, -0.05) is 0 Å². The van der Waals surface area contributed by atoms with Gasteiger partial charge < -0.3 is 0 Å². The molecule has 0 radical (unpaired) electrons. The van der Waals surface area contributed by atoms with Crippen molar-refractivity contribution in [3.05, 3.63) is 124 Å². The van der Waals surface area contributed by atoms with Crippen molar-refractivity contribution >= 4 is 10.8 Å². The first-order valence-corrected chi connectivity index (χ1v) is 6.89. The fourth-order valence-electron chi connectivity index (χ4n) is 1.54. The Labute approximate surface area is 186 Å². The van der Waals surface area contributed by atoms with Crippen molar-refractivity contribution < 1.29 is 52.7 Å². The van der Waals surface area contributed by atoms with Crippen molar-refractivity contribution in [2.75, 3.05) is 0 Å². The van der Waals surface area contributed by atoms with Crippen LogP contribution in [-0.4, -0.2) is 0 Å². The molecule has 4 nitrogen and oxygen atoms in total. The molecule has 136 valence electrons. The third-order valence-corrected chi connectivity index (χ3v) is 2.55. The molecule has 0 heterocycles. The average Bonchev–Trinajstić information content (AvgIpc) is 3.48. The van der Waals surface area contributed by atoms with Gasteiger partial charge in [-0.3, -0.25) is 0 Å². The second-order valence-corrected chi connectivity index (χ2v) is 3.89. The zero-order chi connectivity index (χ0) is 20.5. The summed E-state index contributed by atoms with van der Waals surface area (Å²) in [6.45, 7) is 18.0. The monoisotopic (exact) mass is 456 g/mol. The van der Waals surface area contributed by atoms with Crippen LogP contribution in [0, 0.1) is 26.6 Å². The van der Waals surface area contributed by atoms with Crippen LogP contribution >= 0.6 is 0 Å². The topological polar surface area (TPSA) is 79.6 Å². The molecule has 0 saturated carbocycles. The quantitative estimate of drug-likeness (QED) is 0.204. The largest absolute Gasteiger partial charge is 6.00 e. The Kier molecular flexibility index (Phi) is 46.6. The molecule has 0 amide bonds. The number of rotatable bonds is 0. The SMILES string of the molecule is [C-]#[O+].[C-]#[O+].[C-]#[O+].[C-]#[O+].[Fe+6].[Fe+6].c1cc[cH-]c1.c1cc[cH-]c1.c1ccc2[cH-][cH-]c2c1. The van der Waals surface area contributed by atoms with Crippen LogP contribution in [0.25, 0.3) is 10.8 Å². The van der Waals surface area contributed by atoms with Gasteiger partial charge in [0.1, 0.15) is 0 Å². The van der Waals surface area contributed by atoms with Crippen molar-refractivity contribution in [2.45, 2.75) is 0 Å². The summed E-state index contributed by atoms with van der Waals surface area (Å²) in [6, 6.07) is 32.6. The van der Waals surface area contributed by atoms with Gasteiger partial charge >= 0.3 is 79.3 Å². The van der Waals surface area contributed by atoms with Gasteiger partial charge in [0.05, 0.1) is 0 Å². The third-order valence-electron chi connectivity index (χ3n) is 2.55. The van der Waals surface area contributed by atoms with E-state index >= 15 is 0 Å². The molecule has 0 N–H and O–H groups in total. The van der Waals surface area contributed by atoms with E-state index in [4.69, 9.17) is 18.6 Å². The summed E-state index contributed by atoms with van der Waals surface area (Å²) in [4.78, 5) is 0. The Morgan fingerprint density at radius 1 is 0.464 bits per heavy atom. The van der Waals surface area contributed by atoms with Gasteiger partial charge in [-0.05, 0) is 0 Å². The molecular weight excluding hydrogens is 440 g/mol. The number of hydrogen-bond acceptors (Lipinski definition) is 0. The summed E-state index contributed by atoms with van der Waals surface area (Å²) in [5.41, 5.74) is 0. The minimum Gasteiger partial charge on any atom is -0.233 e. The molecule has 4 aromatic rings. The smallest absolute Gasteiger partial charge is 0.233 e. The van der Waals surface area contributed by atoms with E-state index in [1.807, 2.05) is 60.7 Å². The van der Waals surface area contributed by atoms with Crippen LogP contribution in [-0.2, 0) is 52.7 Å². The maximum Gasteiger partial charge on any atom is 6.00 e. The predicted octanol–water partition coefficient (Wildman–Crippen LogP) is 4.93. The van der Waals surface area contributed by atoms with E-state index in [0.717, 1.165) is 0 Å². The number of hydrogen-bond donors (Lipinski definition) is 0. The molecule has 0 aliphatic heterocycles. The first-order chi connectivity index (χ1) is 13.0. The van der Waals surface area contributed by atoms with Crippen LogP contribution in [0.4, 0.5) is 0 Å². The zero-order valence-corrected chi connectivity index (χ0v) is 16.8. The summed E-state index contributed by atoms with van der Waals surface area (Å²) in [5, 5.41) is 2.74. The average molecular weight is 456 g/mol. The summed E-state index contributed by atoms with van der Waals surface area (Å²) in [7, 11) is 0. The fourth-order valence-corrected chi connectivity index (χ4v) is 1.54. The van der Waals surface area contributed by atoms with E-state index in [-0.39, 0.29) is 34.1 Å². The molecule has 6 heteroatoms. The molecule has 28 heavy (non-hydrogen) atoms. The van der Waals surface area contributed by atoms with E-state index in [2.05, 4.69) is 63.0 Å². The molecule has 4 rings (SSSR count). The molecule has 0 spiro atoms. The van der Waals surface area contributed by atoms with Gasteiger partial charge in [-0.15, -0.1) is 12.1 Å². The van der Waals surface area contributed by atoms with Crippen LogP contribution in [0.5, 0.6) is 0 Å². The first kappa shape index (κ1) is 36.6. The summed E-state index contributed by atoms with van der Waals surface area (Å²) >= 11 is 0. The number of fused-ring (bicyclic) bond motifs is 1. The van der Waals surface area contributed by atoms with Crippen molar-refractivity contribution in [1.82, 2.24) is 0 Å². The standard InChI is InChI=1S/C8H6.2C5H5.4CO.2Fe/c1-2-4-8-6-5-7(8)3-1;2*1-2-4-5-3-1;4*1-2;;/h1-6H;2*1-5H;;;;;;/q-2;2*-1;;;;;2*+6. The summed E-state index contributed by atoms with van der Waals surface area (Å²) in [6.07, 6.45) is 0. The molecule has 0 bridgehead atoms. The van der Waals surface area contributed by atoms with Crippen molar-refractivity contribution in [3.8, 4) is 0 Å². The molecular formula is C22H16Fe2O4+8. The van der Waals surface area contributed by atoms with Gasteiger partial charge in [-0.25, -0.2) is 47.2 Å². The fraction of sp³-hybridized carbons (Fsp3) is 0. The van der Waals surface area contributed by atoms with Crippen LogP contribution in [0.15, 0.2) is 97.1 Å². The van der Waals surface area contributed by atoms with Crippen molar-refractivity contribution in [1.29, 1.82) is 0 Å². The maximum absolute atomic E-state index is 7.50. The van der Waals surface area contributed by atoms with E-state index in [0.29, 0.717) is 0 Å². The van der Waals surface area contributed by atoms with Gasteiger partial charge in [0.15, 0.2) is 0 Å². The summed E-state index contributed by atoms with van der Waals surface area (Å²) < 4.78 is 30.0. The Bertz CT molecular complexity index is 656.